The molecule has 4 nitrogen and oxygen atoms in total. The van der Waals surface area contributed by atoms with Gasteiger partial charge in [-0.05, 0) is 51.7 Å². The number of hydrogen-bond acceptors (Lipinski definition) is 4. The number of halogens is 1. The summed E-state index contributed by atoms with van der Waals surface area (Å²) in [5.74, 6) is 0.813. The SMILES string of the molecule is NC(CNc1cc(-c2ccncc2)c(Br)cn1)Cc1ccccc1. The molecule has 0 bridgehead atoms. The van der Waals surface area contributed by atoms with E-state index in [1.807, 2.05) is 36.4 Å². The lowest BCUT2D eigenvalue weighted by Gasteiger charge is -2.14. The first-order valence-electron chi connectivity index (χ1n) is 7.81. The molecule has 0 aliphatic carbocycles. The van der Waals surface area contributed by atoms with E-state index in [4.69, 9.17) is 5.73 Å². The molecule has 24 heavy (non-hydrogen) atoms. The summed E-state index contributed by atoms with van der Waals surface area (Å²) in [7, 11) is 0. The van der Waals surface area contributed by atoms with Crippen molar-refractivity contribution in [3.8, 4) is 11.1 Å². The van der Waals surface area contributed by atoms with Gasteiger partial charge in [0.05, 0.1) is 0 Å². The van der Waals surface area contributed by atoms with E-state index in [1.165, 1.54) is 5.56 Å². The molecule has 5 heteroatoms. The molecule has 0 spiro atoms. The molecule has 0 aliphatic heterocycles. The summed E-state index contributed by atoms with van der Waals surface area (Å²) in [4.78, 5) is 8.47. The molecule has 0 saturated heterocycles. The second-order valence-corrected chi connectivity index (χ2v) is 6.47. The van der Waals surface area contributed by atoms with Crippen LogP contribution >= 0.6 is 15.9 Å². The number of rotatable bonds is 6. The summed E-state index contributed by atoms with van der Waals surface area (Å²) >= 11 is 3.56. The highest BCUT2D eigenvalue weighted by Gasteiger charge is 2.08. The molecule has 0 amide bonds. The second kappa shape index (κ2) is 8.04. The molecule has 3 aromatic rings. The minimum absolute atomic E-state index is 0.0298. The molecule has 0 saturated carbocycles. The van der Waals surface area contributed by atoms with Crippen molar-refractivity contribution in [2.24, 2.45) is 5.73 Å². The molecular weight excluding hydrogens is 364 g/mol. The topological polar surface area (TPSA) is 63.8 Å². The van der Waals surface area contributed by atoms with Gasteiger partial charge in [0.2, 0.25) is 0 Å². The third kappa shape index (κ3) is 4.40. The van der Waals surface area contributed by atoms with Crippen LogP contribution < -0.4 is 11.1 Å². The van der Waals surface area contributed by atoms with E-state index >= 15 is 0 Å². The third-order valence-electron chi connectivity index (χ3n) is 3.73. The summed E-state index contributed by atoms with van der Waals surface area (Å²) < 4.78 is 0.952. The molecule has 2 heterocycles. The van der Waals surface area contributed by atoms with Gasteiger partial charge in [0.1, 0.15) is 5.82 Å². The van der Waals surface area contributed by atoms with Crippen molar-refractivity contribution in [1.82, 2.24) is 9.97 Å². The Balaban J connectivity index is 1.65. The van der Waals surface area contributed by atoms with Crippen LogP contribution in [-0.2, 0) is 6.42 Å². The Morgan fingerprint density at radius 3 is 2.58 bits per heavy atom. The number of nitrogens with one attached hydrogen (secondary N) is 1. The summed E-state index contributed by atoms with van der Waals surface area (Å²) in [6.07, 6.45) is 6.21. The molecule has 2 aromatic heterocycles. The van der Waals surface area contributed by atoms with E-state index in [1.54, 1.807) is 18.6 Å². The van der Waals surface area contributed by atoms with Crippen LogP contribution in [0, 0.1) is 0 Å². The molecule has 1 aromatic carbocycles. The number of pyridine rings is 2. The first kappa shape index (κ1) is 16.6. The summed E-state index contributed by atoms with van der Waals surface area (Å²) in [6.45, 7) is 0.666. The number of aromatic nitrogens is 2. The largest absolute Gasteiger partial charge is 0.368 e. The van der Waals surface area contributed by atoms with Gasteiger partial charge in [-0.1, -0.05) is 30.3 Å². The van der Waals surface area contributed by atoms with Crippen molar-refractivity contribution >= 4 is 21.7 Å². The Labute approximate surface area is 150 Å². The minimum Gasteiger partial charge on any atom is -0.368 e. The molecule has 0 radical (unpaired) electrons. The monoisotopic (exact) mass is 382 g/mol. The molecule has 1 atom stereocenters. The van der Waals surface area contributed by atoms with E-state index in [-0.39, 0.29) is 6.04 Å². The Morgan fingerprint density at radius 1 is 1.08 bits per heavy atom. The Hall–Kier alpha value is -2.24. The highest BCUT2D eigenvalue weighted by Crippen LogP contribution is 2.29. The van der Waals surface area contributed by atoms with Crippen molar-refractivity contribution in [2.45, 2.75) is 12.5 Å². The third-order valence-corrected chi connectivity index (χ3v) is 4.36. The van der Waals surface area contributed by atoms with Gasteiger partial charge in [-0.25, -0.2) is 4.98 Å². The highest BCUT2D eigenvalue weighted by molar-refractivity contribution is 9.10. The fourth-order valence-corrected chi connectivity index (χ4v) is 2.96. The average molecular weight is 383 g/mol. The van der Waals surface area contributed by atoms with Crippen LogP contribution in [0.1, 0.15) is 5.56 Å². The van der Waals surface area contributed by atoms with E-state index in [0.29, 0.717) is 6.54 Å². The zero-order chi connectivity index (χ0) is 16.8. The van der Waals surface area contributed by atoms with Crippen LogP contribution in [0.15, 0.2) is 71.6 Å². The average Bonchev–Trinajstić information content (AvgIpc) is 2.62. The van der Waals surface area contributed by atoms with E-state index in [0.717, 1.165) is 27.8 Å². The Bertz CT molecular complexity index is 778. The van der Waals surface area contributed by atoms with Crippen LogP contribution in [0.5, 0.6) is 0 Å². The van der Waals surface area contributed by atoms with Crippen molar-refractivity contribution < 1.29 is 0 Å². The zero-order valence-corrected chi connectivity index (χ0v) is 14.8. The fraction of sp³-hybridized carbons (Fsp3) is 0.158. The van der Waals surface area contributed by atoms with E-state index in [9.17, 15) is 0 Å². The summed E-state index contributed by atoms with van der Waals surface area (Å²) in [5, 5.41) is 3.33. The molecule has 3 rings (SSSR count). The van der Waals surface area contributed by atoms with Crippen LogP contribution in [-0.4, -0.2) is 22.6 Å². The predicted molar refractivity (Wildman–Crippen MR) is 102 cm³/mol. The van der Waals surface area contributed by atoms with Crippen molar-refractivity contribution in [3.05, 3.63) is 77.2 Å². The molecule has 1 unspecified atom stereocenters. The molecule has 0 aliphatic rings. The van der Waals surface area contributed by atoms with Gasteiger partial charge >= 0.3 is 0 Å². The first-order valence-corrected chi connectivity index (χ1v) is 8.61. The molecule has 3 N–H and O–H groups in total. The molecule has 0 fully saturated rings. The van der Waals surface area contributed by atoms with Crippen molar-refractivity contribution in [3.63, 3.8) is 0 Å². The van der Waals surface area contributed by atoms with Gasteiger partial charge < -0.3 is 11.1 Å². The zero-order valence-electron chi connectivity index (χ0n) is 13.2. The Morgan fingerprint density at radius 2 is 1.83 bits per heavy atom. The van der Waals surface area contributed by atoms with Crippen molar-refractivity contribution in [1.29, 1.82) is 0 Å². The van der Waals surface area contributed by atoms with Crippen molar-refractivity contribution in [2.75, 3.05) is 11.9 Å². The first-order chi connectivity index (χ1) is 11.7. The highest BCUT2D eigenvalue weighted by atomic mass is 79.9. The maximum atomic E-state index is 6.22. The normalized spacial score (nSPS) is 11.9. The second-order valence-electron chi connectivity index (χ2n) is 5.62. The number of nitrogens with two attached hydrogens (primary N) is 1. The number of nitrogens with zero attached hydrogens (tertiary/aromatic N) is 2. The van der Waals surface area contributed by atoms with Crippen LogP contribution in [0.25, 0.3) is 11.1 Å². The van der Waals surface area contributed by atoms with Gasteiger partial charge in [0, 0.05) is 41.2 Å². The van der Waals surface area contributed by atoms with Gasteiger partial charge in [-0.15, -0.1) is 0 Å². The quantitative estimate of drug-likeness (QED) is 0.678. The van der Waals surface area contributed by atoms with Crippen LogP contribution in [0.4, 0.5) is 5.82 Å². The van der Waals surface area contributed by atoms with Crippen LogP contribution in [0.3, 0.4) is 0 Å². The maximum absolute atomic E-state index is 6.22. The van der Waals surface area contributed by atoms with E-state index in [2.05, 4.69) is 43.3 Å². The number of hydrogen-bond donors (Lipinski definition) is 2. The Kier molecular flexibility index (Phi) is 5.56. The summed E-state index contributed by atoms with van der Waals surface area (Å²) in [5.41, 5.74) is 9.64. The van der Waals surface area contributed by atoms with Crippen LogP contribution in [0.2, 0.25) is 0 Å². The standard InChI is InChI=1S/C19H19BrN4/c20-18-13-24-19(11-17(18)15-6-8-22-9-7-15)23-12-16(21)10-14-4-2-1-3-5-14/h1-9,11,13,16H,10,12,21H2,(H,23,24). The number of benzene rings is 1. The maximum Gasteiger partial charge on any atom is 0.126 e. The van der Waals surface area contributed by atoms with E-state index < -0.39 is 0 Å². The van der Waals surface area contributed by atoms with Gasteiger partial charge in [-0.2, -0.15) is 0 Å². The molecular formula is C19H19BrN4. The number of anilines is 1. The predicted octanol–water partition coefficient (Wildman–Crippen LogP) is 3.89. The molecule has 122 valence electrons. The smallest absolute Gasteiger partial charge is 0.126 e. The lowest BCUT2D eigenvalue weighted by Crippen LogP contribution is -2.31. The lowest BCUT2D eigenvalue weighted by molar-refractivity contribution is 0.698. The lowest BCUT2D eigenvalue weighted by atomic mass is 10.1. The van der Waals surface area contributed by atoms with Gasteiger partial charge in [-0.3, -0.25) is 4.98 Å². The minimum atomic E-state index is 0.0298. The van der Waals surface area contributed by atoms with Gasteiger partial charge in [0.15, 0.2) is 0 Å². The fourth-order valence-electron chi connectivity index (χ4n) is 2.51. The van der Waals surface area contributed by atoms with Gasteiger partial charge in [0.25, 0.3) is 0 Å². The summed E-state index contributed by atoms with van der Waals surface area (Å²) in [6, 6.07) is 16.3.